The number of benzene rings is 1. The molecule has 1 saturated heterocycles. The molecule has 4 heteroatoms. The van der Waals surface area contributed by atoms with Crippen LogP contribution in [0, 0.1) is 5.92 Å². The van der Waals surface area contributed by atoms with Crippen molar-refractivity contribution in [3.05, 3.63) is 29.3 Å². The SMILES string of the molecule is COc1c(CC2CCCNC2)cccc1C(C)(F)F. The van der Waals surface area contributed by atoms with E-state index in [1.165, 1.54) is 13.2 Å². The van der Waals surface area contributed by atoms with Gasteiger partial charge in [-0.2, -0.15) is 0 Å². The van der Waals surface area contributed by atoms with Gasteiger partial charge < -0.3 is 10.1 Å². The number of ether oxygens (including phenoxy) is 1. The largest absolute Gasteiger partial charge is 0.496 e. The van der Waals surface area contributed by atoms with E-state index in [0.717, 1.165) is 44.8 Å². The highest BCUT2D eigenvalue weighted by molar-refractivity contribution is 5.44. The smallest absolute Gasteiger partial charge is 0.274 e. The van der Waals surface area contributed by atoms with E-state index in [2.05, 4.69) is 5.32 Å². The first kappa shape index (κ1) is 14.3. The Morgan fingerprint density at radius 2 is 2.21 bits per heavy atom. The minimum Gasteiger partial charge on any atom is -0.496 e. The molecular weight excluding hydrogens is 248 g/mol. The first-order valence-corrected chi connectivity index (χ1v) is 6.77. The maximum absolute atomic E-state index is 13.6. The minimum absolute atomic E-state index is 0.0173. The minimum atomic E-state index is -2.87. The predicted octanol–water partition coefficient (Wildman–Crippen LogP) is 3.35. The third-order valence-corrected chi connectivity index (χ3v) is 3.68. The molecule has 0 aromatic heterocycles. The average molecular weight is 269 g/mol. The van der Waals surface area contributed by atoms with Crippen LogP contribution in [0.5, 0.6) is 5.75 Å². The van der Waals surface area contributed by atoms with Crippen LogP contribution in [0.25, 0.3) is 0 Å². The van der Waals surface area contributed by atoms with Gasteiger partial charge in [0, 0.05) is 6.92 Å². The fraction of sp³-hybridized carbons (Fsp3) is 0.600. The van der Waals surface area contributed by atoms with Gasteiger partial charge in [0.15, 0.2) is 0 Å². The molecule has 1 fully saturated rings. The molecule has 2 rings (SSSR count). The van der Waals surface area contributed by atoms with Crippen LogP contribution in [0.4, 0.5) is 8.78 Å². The third-order valence-electron chi connectivity index (χ3n) is 3.68. The molecule has 0 bridgehead atoms. The van der Waals surface area contributed by atoms with Crippen LogP contribution in [0.15, 0.2) is 18.2 Å². The molecule has 1 aliphatic rings. The second-order valence-corrected chi connectivity index (χ2v) is 5.30. The maximum atomic E-state index is 13.6. The second-order valence-electron chi connectivity index (χ2n) is 5.30. The van der Waals surface area contributed by atoms with Crippen molar-refractivity contribution in [3.63, 3.8) is 0 Å². The Hall–Kier alpha value is -1.16. The summed E-state index contributed by atoms with van der Waals surface area (Å²) >= 11 is 0. The maximum Gasteiger partial charge on any atom is 0.274 e. The van der Waals surface area contributed by atoms with Crippen molar-refractivity contribution in [1.82, 2.24) is 5.32 Å². The van der Waals surface area contributed by atoms with Crippen molar-refractivity contribution in [1.29, 1.82) is 0 Å². The fourth-order valence-electron chi connectivity index (χ4n) is 2.74. The van der Waals surface area contributed by atoms with Crippen LogP contribution < -0.4 is 10.1 Å². The van der Waals surface area contributed by atoms with Crippen LogP contribution in [-0.4, -0.2) is 20.2 Å². The van der Waals surface area contributed by atoms with E-state index in [-0.39, 0.29) is 5.56 Å². The molecule has 106 valence electrons. The van der Waals surface area contributed by atoms with E-state index in [0.29, 0.717) is 11.7 Å². The summed E-state index contributed by atoms with van der Waals surface area (Å²) in [6, 6.07) is 5.03. The summed E-state index contributed by atoms with van der Waals surface area (Å²) in [4.78, 5) is 0. The monoisotopic (exact) mass is 269 g/mol. The topological polar surface area (TPSA) is 21.3 Å². The Morgan fingerprint density at radius 1 is 1.42 bits per heavy atom. The van der Waals surface area contributed by atoms with Crippen LogP contribution in [-0.2, 0) is 12.3 Å². The molecule has 0 radical (unpaired) electrons. The lowest BCUT2D eigenvalue weighted by Gasteiger charge is -2.24. The van der Waals surface area contributed by atoms with Gasteiger partial charge in [-0.05, 0) is 49.9 Å². The molecule has 1 aliphatic heterocycles. The Balaban J connectivity index is 2.24. The summed E-state index contributed by atoms with van der Waals surface area (Å²) in [5, 5.41) is 3.35. The molecule has 1 heterocycles. The number of methoxy groups -OCH3 is 1. The Bertz CT molecular complexity index is 423. The van der Waals surface area contributed by atoms with Gasteiger partial charge in [-0.15, -0.1) is 0 Å². The number of alkyl halides is 2. The van der Waals surface area contributed by atoms with Crippen molar-refractivity contribution in [2.75, 3.05) is 20.2 Å². The predicted molar refractivity (Wildman–Crippen MR) is 71.9 cm³/mol. The van der Waals surface area contributed by atoms with E-state index in [9.17, 15) is 8.78 Å². The first-order valence-electron chi connectivity index (χ1n) is 6.77. The van der Waals surface area contributed by atoms with Crippen LogP contribution in [0.3, 0.4) is 0 Å². The summed E-state index contributed by atoms with van der Waals surface area (Å²) in [5.74, 6) is -2.02. The lowest BCUT2D eigenvalue weighted by atomic mass is 9.90. The number of hydrogen-bond acceptors (Lipinski definition) is 2. The zero-order chi connectivity index (χ0) is 13.9. The number of hydrogen-bond donors (Lipinski definition) is 1. The fourth-order valence-corrected chi connectivity index (χ4v) is 2.74. The van der Waals surface area contributed by atoms with Gasteiger partial charge in [0.2, 0.25) is 0 Å². The van der Waals surface area contributed by atoms with E-state index in [1.54, 1.807) is 6.07 Å². The van der Waals surface area contributed by atoms with Gasteiger partial charge in [0.25, 0.3) is 5.92 Å². The molecule has 0 amide bonds. The summed E-state index contributed by atoms with van der Waals surface area (Å²) in [6.07, 6.45) is 3.08. The van der Waals surface area contributed by atoms with E-state index >= 15 is 0 Å². The Kier molecular flexibility index (Phi) is 4.40. The highest BCUT2D eigenvalue weighted by Gasteiger charge is 2.30. The average Bonchev–Trinajstić information content (AvgIpc) is 2.38. The highest BCUT2D eigenvalue weighted by Crippen LogP contribution is 2.37. The lowest BCUT2D eigenvalue weighted by molar-refractivity contribution is 0.0149. The molecular formula is C15H21F2NO. The summed E-state index contributed by atoms with van der Waals surface area (Å²) in [6.45, 7) is 2.92. The second kappa shape index (κ2) is 5.87. The van der Waals surface area contributed by atoms with Gasteiger partial charge in [0.1, 0.15) is 5.75 Å². The first-order chi connectivity index (χ1) is 9.02. The normalized spacial score (nSPS) is 20.3. The van der Waals surface area contributed by atoms with Crippen LogP contribution in [0.2, 0.25) is 0 Å². The quantitative estimate of drug-likeness (QED) is 0.905. The molecule has 1 aromatic carbocycles. The Morgan fingerprint density at radius 3 is 2.79 bits per heavy atom. The van der Waals surface area contributed by atoms with Crippen molar-refractivity contribution >= 4 is 0 Å². The summed E-state index contributed by atoms with van der Waals surface area (Å²) in [5.41, 5.74) is 0.867. The standard InChI is InChI=1S/C15H21F2NO/c1-15(16,17)13-7-3-6-12(14(13)19-2)9-11-5-4-8-18-10-11/h3,6-7,11,18H,4-5,8-10H2,1-2H3. The third kappa shape index (κ3) is 3.44. The van der Waals surface area contributed by atoms with Crippen LogP contribution >= 0.6 is 0 Å². The van der Waals surface area contributed by atoms with Gasteiger partial charge >= 0.3 is 0 Å². The zero-order valence-corrected chi connectivity index (χ0v) is 11.5. The molecule has 19 heavy (non-hydrogen) atoms. The number of piperidine rings is 1. The highest BCUT2D eigenvalue weighted by atomic mass is 19.3. The lowest BCUT2D eigenvalue weighted by Crippen LogP contribution is -2.31. The molecule has 1 aromatic rings. The van der Waals surface area contributed by atoms with Crippen molar-refractivity contribution < 1.29 is 13.5 Å². The van der Waals surface area contributed by atoms with Crippen molar-refractivity contribution in [2.45, 2.75) is 32.1 Å². The van der Waals surface area contributed by atoms with E-state index < -0.39 is 5.92 Å². The number of nitrogens with one attached hydrogen (secondary N) is 1. The Labute approximate surface area is 113 Å². The van der Waals surface area contributed by atoms with Gasteiger partial charge in [-0.25, -0.2) is 8.78 Å². The summed E-state index contributed by atoms with van der Waals surface area (Å²) < 4.78 is 32.4. The van der Waals surface area contributed by atoms with Gasteiger partial charge in [-0.3, -0.25) is 0 Å². The molecule has 1 atom stereocenters. The van der Waals surface area contributed by atoms with Crippen molar-refractivity contribution in [3.8, 4) is 5.75 Å². The summed E-state index contributed by atoms with van der Waals surface area (Å²) in [7, 11) is 1.47. The van der Waals surface area contributed by atoms with Gasteiger partial charge in [-0.1, -0.05) is 12.1 Å². The molecule has 0 aliphatic carbocycles. The van der Waals surface area contributed by atoms with E-state index in [4.69, 9.17) is 4.74 Å². The number of para-hydroxylation sites is 1. The number of halogens is 2. The molecule has 1 N–H and O–H groups in total. The molecule has 0 saturated carbocycles. The van der Waals surface area contributed by atoms with E-state index in [1.807, 2.05) is 6.07 Å². The van der Waals surface area contributed by atoms with Crippen LogP contribution in [0.1, 0.15) is 30.9 Å². The zero-order valence-electron chi connectivity index (χ0n) is 11.5. The molecule has 0 spiro atoms. The molecule has 2 nitrogen and oxygen atoms in total. The molecule has 1 unspecified atom stereocenters. The van der Waals surface area contributed by atoms with Crippen molar-refractivity contribution in [2.24, 2.45) is 5.92 Å². The van der Waals surface area contributed by atoms with Gasteiger partial charge in [0.05, 0.1) is 12.7 Å². The number of rotatable bonds is 4.